The molecule has 1 fully saturated rings. The number of carbonyl (C=O) groups excluding carboxylic acids is 1. The summed E-state index contributed by atoms with van der Waals surface area (Å²) < 4.78 is 5.66. The van der Waals surface area contributed by atoms with Crippen LogP contribution in [0.4, 0.5) is 0 Å². The van der Waals surface area contributed by atoms with Crippen LogP contribution in [0.2, 0.25) is 0 Å². The molecule has 0 saturated carbocycles. The minimum absolute atomic E-state index is 0.0993. The Hall–Kier alpha value is -0.870. The van der Waals surface area contributed by atoms with Gasteiger partial charge in [0.05, 0.1) is 24.7 Å². The topological polar surface area (TPSA) is 29.5 Å². The second-order valence-corrected chi connectivity index (χ2v) is 5.73. The monoisotopic (exact) mass is 325 g/mol. The normalized spacial score (nSPS) is 25.1. The number of ether oxygens (including phenoxy) is 1. The van der Waals surface area contributed by atoms with Crippen LogP contribution in [-0.4, -0.2) is 41.4 Å². The number of carbonyl (C=O) groups is 1. The summed E-state index contributed by atoms with van der Waals surface area (Å²) in [6.07, 6.45) is 0.100. The Balaban J connectivity index is 2.09. The van der Waals surface area contributed by atoms with Crippen molar-refractivity contribution >= 4 is 21.8 Å². The first kappa shape index (κ1) is 14.5. The van der Waals surface area contributed by atoms with Crippen molar-refractivity contribution in [3.05, 3.63) is 35.9 Å². The highest BCUT2D eigenvalue weighted by Gasteiger charge is 2.31. The maximum atomic E-state index is 12.6. The molecule has 1 aliphatic heterocycles. The highest BCUT2D eigenvalue weighted by Crippen LogP contribution is 2.22. The fraction of sp³-hybridized carbons (Fsp3) is 0.533. The Kier molecular flexibility index (Phi) is 4.99. The van der Waals surface area contributed by atoms with Crippen LogP contribution in [0.3, 0.4) is 0 Å². The lowest BCUT2D eigenvalue weighted by molar-refractivity contribution is -0.144. The molecule has 4 heteroatoms. The summed E-state index contributed by atoms with van der Waals surface area (Å²) >= 11 is 3.43. The molecule has 1 heterocycles. The van der Waals surface area contributed by atoms with Crippen LogP contribution in [0.5, 0.6) is 0 Å². The first-order valence-electron chi connectivity index (χ1n) is 6.66. The van der Waals surface area contributed by atoms with Crippen molar-refractivity contribution in [3.63, 3.8) is 0 Å². The summed E-state index contributed by atoms with van der Waals surface area (Å²) in [6.45, 7) is 5.30. The molecule has 0 bridgehead atoms. The van der Waals surface area contributed by atoms with E-state index in [0.29, 0.717) is 13.2 Å². The number of morpholine rings is 1. The van der Waals surface area contributed by atoms with Gasteiger partial charge in [0, 0.05) is 11.9 Å². The van der Waals surface area contributed by atoms with Gasteiger partial charge in [-0.15, -0.1) is 0 Å². The Bertz CT molecular complexity index is 423. The van der Waals surface area contributed by atoms with E-state index in [2.05, 4.69) is 15.9 Å². The molecule has 0 aliphatic carbocycles. The van der Waals surface area contributed by atoms with Crippen LogP contribution in [0.1, 0.15) is 25.3 Å². The van der Waals surface area contributed by atoms with Gasteiger partial charge >= 0.3 is 0 Å². The van der Waals surface area contributed by atoms with Crippen LogP contribution in [0, 0.1) is 0 Å². The summed E-state index contributed by atoms with van der Waals surface area (Å²) in [4.78, 5) is 14.6. The van der Waals surface area contributed by atoms with Gasteiger partial charge in [-0.25, -0.2) is 0 Å². The second kappa shape index (κ2) is 6.53. The number of hydrogen-bond donors (Lipinski definition) is 0. The third-order valence-corrected chi connectivity index (χ3v) is 4.35. The summed E-state index contributed by atoms with van der Waals surface area (Å²) in [5, 5.41) is 0.767. The van der Waals surface area contributed by atoms with Gasteiger partial charge in [-0.05, 0) is 19.4 Å². The molecule has 3 atom stereocenters. The van der Waals surface area contributed by atoms with Crippen LogP contribution in [0.15, 0.2) is 30.3 Å². The molecule has 1 amide bonds. The van der Waals surface area contributed by atoms with Gasteiger partial charge in [0.25, 0.3) is 0 Å². The molecule has 104 valence electrons. The molecule has 0 N–H and O–H groups in total. The second-order valence-electron chi connectivity index (χ2n) is 5.08. The number of alkyl halides is 1. The summed E-state index contributed by atoms with van der Waals surface area (Å²) in [5.74, 6) is 0.0886. The van der Waals surface area contributed by atoms with E-state index >= 15 is 0 Å². The highest BCUT2D eigenvalue weighted by atomic mass is 79.9. The largest absolute Gasteiger partial charge is 0.373 e. The fourth-order valence-corrected chi connectivity index (χ4v) is 2.74. The maximum Gasteiger partial charge on any atom is 0.230 e. The van der Waals surface area contributed by atoms with E-state index in [0.717, 1.165) is 10.9 Å². The first-order chi connectivity index (χ1) is 9.13. The van der Waals surface area contributed by atoms with Gasteiger partial charge < -0.3 is 9.64 Å². The maximum absolute atomic E-state index is 12.6. The predicted octanol–water partition coefficient (Wildman–Crippen LogP) is 2.80. The van der Waals surface area contributed by atoms with Gasteiger partial charge in [0.1, 0.15) is 0 Å². The number of amides is 1. The lowest BCUT2D eigenvalue weighted by Gasteiger charge is -2.39. The number of halogens is 1. The van der Waals surface area contributed by atoms with E-state index in [-0.39, 0.29) is 24.0 Å². The molecule has 19 heavy (non-hydrogen) atoms. The summed E-state index contributed by atoms with van der Waals surface area (Å²) in [5.41, 5.74) is 1.07. The third-order valence-electron chi connectivity index (χ3n) is 3.63. The van der Waals surface area contributed by atoms with Crippen molar-refractivity contribution < 1.29 is 9.53 Å². The molecule has 0 spiro atoms. The standard InChI is InChI=1S/C15H20BrNO2/c1-11-10-19-14(8-16)9-17(11)15(18)12(2)13-6-4-3-5-7-13/h3-7,11-12,14H,8-10H2,1-2H3. The quantitative estimate of drug-likeness (QED) is 0.800. The number of hydrogen-bond acceptors (Lipinski definition) is 2. The zero-order valence-electron chi connectivity index (χ0n) is 11.4. The Morgan fingerprint density at radius 2 is 2.16 bits per heavy atom. The molecule has 1 aromatic rings. The summed E-state index contributed by atoms with van der Waals surface area (Å²) in [7, 11) is 0. The van der Waals surface area contributed by atoms with Gasteiger partial charge in [0.15, 0.2) is 0 Å². The Labute approximate surface area is 123 Å². The van der Waals surface area contributed by atoms with Crippen molar-refractivity contribution in [2.45, 2.75) is 31.9 Å². The molecular weight excluding hydrogens is 306 g/mol. The van der Waals surface area contributed by atoms with Crippen LogP contribution in [-0.2, 0) is 9.53 Å². The minimum Gasteiger partial charge on any atom is -0.373 e. The van der Waals surface area contributed by atoms with Crippen molar-refractivity contribution in [3.8, 4) is 0 Å². The molecule has 0 aromatic heterocycles. The molecule has 3 nitrogen and oxygen atoms in total. The molecule has 0 radical (unpaired) electrons. The summed E-state index contributed by atoms with van der Waals surface area (Å²) in [6, 6.07) is 10.1. The zero-order chi connectivity index (χ0) is 13.8. The third kappa shape index (κ3) is 3.37. The molecular formula is C15H20BrNO2. The predicted molar refractivity (Wildman–Crippen MR) is 79.6 cm³/mol. The van der Waals surface area contributed by atoms with Gasteiger partial charge in [-0.1, -0.05) is 46.3 Å². The van der Waals surface area contributed by atoms with E-state index in [1.165, 1.54) is 0 Å². The van der Waals surface area contributed by atoms with Gasteiger partial charge in [-0.2, -0.15) is 0 Å². The van der Waals surface area contributed by atoms with Crippen molar-refractivity contribution in [1.29, 1.82) is 0 Å². The van der Waals surface area contributed by atoms with Crippen molar-refractivity contribution in [2.24, 2.45) is 0 Å². The molecule has 1 aromatic carbocycles. The van der Waals surface area contributed by atoms with Crippen molar-refractivity contribution in [2.75, 3.05) is 18.5 Å². The van der Waals surface area contributed by atoms with Gasteiger partial charge in [0.2, 0.25) is 5.91 Å². The highest BCUT2D eigenvalue weighted by molar-refractivity contribution is 9.09. The number of nitrogens with zero attached hydrogens (tertiary/aromatic N) is 1. The number of benzene rings is 1. The molecule has 2 rings (SSSR count). The van der Waals surface area contributed by atoms with Crippen molar-refractivity contribution in [1.82, 2.24) is 4.90 Å². The van der Waals surface area contributed by atoms with Gasteiger partial charge in [-0.3, -0.25) is 4.79 Å². The molecule has 1 aliphatic rings. The van der Waals surface area contributed by atoms with Crippen LogP contribution in [0.25, 0.3) is 0 Å². The molecule has 1 saturated heterocycles. The SMILES string of the molecule is CC(C(=O)N1CC(CBr)OCC1C)c1ccccc1. The van der Waals surface area contributed by atoms with Crippen LogP contribution >= 0.6 is 15.9 Å². The minimum atomic E-state index is -0.0993. The van der Waals surface area contributed by atoms with E-state index in [1.807, 2.05) is 49.1 Å². The smallest absolute Gasteiger partial charge is 0.230 e. The van der Waals surface area contributed by atoms with E-state index in [9.17, 15) is 4.79 Å². The number of rotatable bonds is 3. The Morgan fingerprint density at radius 3 is 2.79 bits per heavy atom. The van der Waals surface area contributed by atoms with E-state index < -0.39 is 0 Å². The van der Waals surface area contributed by atoms with E-state index in [1.54, 1.807) is 0 Å². The average molecular weight is 326 g/mol. The fourth-order valence-electron chi connectivity index (χ4n) is 2.35. The lowest BCUT2D eigenvalue weighted by atomic mass is 9.98. The first-order valence-corrected chi connectivity index (χ1v) is 7.78. The molecule has 3 unspecified atom stereocenters. The Morgan fingerprint density at radius 1 is 1.47 bits per heavy atom. The van der Waals surface area contributed by atoms with Crippen LogP contribution < -0.4 is 0 Å². The van der Waals surface area contributed by atoms with E-state index in [4.69, 9.17) is 4.74 Å². The average Bonchev–Trinajstić information content (AvgIpc) is 2.47. The zero-order valence-corrected chi connectivity index (χ0v) is 13.0. The lowest BCUT2D eigenvalue weighted by Crippen LogP contribution is -2.52.